The number of hydrogen-bond acceptors (Lipinski definition) is 11. The minimum Gasteiger partial charge on any atom is -0.511 e. The molecule has 0 saturated carbocycles. The third-order valence-electron chi connectivity index (χ3n) is 10.3. The molecule has 6 N–H and O–H groups in total. The highest BCUT2D eigenvalue weighted by Crippen LogP contribution is 2.57. The molecular formula is C47H46N4O10. The number of hydrogen-bond donors (Lipinski definition) is 6. The molecule has 0 aliphatic carbocycles. The fraction of sp³-hybridized carbons (Fsp3) is 0.298. The highest BCUT2D eigenvalue weighted by molar-refractivity contribution is 6.07. The van der Waals surface area contributed by atoms with Crippen LogP contribution in [-0.4, -0.2) is 58.7 Å². The highest BCUT2D eigenvalue weighted by atomic mass is 16.6. The number of nitrogens with one attached hydrogen (secondary N) is 3. The van der Waals surface area contributed by atoms with E-state index >= 15 is 0 Å². The number of unbranched alkanes of at least 4 members (excludes halogenated alkanes) is 5. The van der Waals surface area contributed by atoms with Crippen molar-refractivity contribution in [3.05, 3.63) is 118 Å². The number of phenols is 2. The molecule has 6 rings (SSSR count). The van der Waals surface area contributed by atoms with Crippen molar-refractivity contribution in [2.24, 2.45) is 0 Å². The number of terminal acetylenes is 1. The summed E-state index contributed by atoms with van der Waals surface area (Å²) in [7, 11) is 0. The Morgan fingerprint density at radius 1 is 0.770 bits per heavy atom. The summed E-state index contributed by atoms with van der Waals surface area (Å²) in [5, 5.41) is 47.9. The number of rotatable bonds is 19. The van der Waals surface area contributed by atoms with Gasteiger partial charge >= 0.3 is 5.97 Å². The quantitative estimate of drug-likeness (QED) is 0.0137. The number of amides is 3. The molecule has 0 fully saturated rings. The van der Waals surface area contributed by atoms with Gasteiger partial charge in [-0.25, -0.2) is 4.79 Å². The molecule has 2 aliphatic rings. The first kappa shape index (κ1) is 43.1. The largest absolute Gasteiger partial charge is 0.511 e. The summed E-state index contributed by atoms with van der Waals surface area (Å²) in [5.41, 5.74) is 0.717. The zero-order valence-corrected chi connectivity index (χ0v) is 33.4. The fourth-order valence-electron chi connectivity index (χ4n) is 7.21. The predicted octanol–water partition coefficient (Wildman–Crippen LogP) is 7.40. The molecule has 2 heterocycles. The van der Waals surface area contributed by atoms with E-state index in [1.54, 1.807) is 54.6 Å². The van der Waals surface area contributed by atoms with Gasteiger partial charge in [0.2, 0.25) is 5.91 Å². The molecule has 0 saturated heterocycles. The number of ether oxygens (including phenoxy) is 3. The van der Waals surface area contributed by atoms with Crippen molar-refractivity contribution in [2.75, 3.05) is 25.0 Å². The van der Waals surface area contributed by atoms with Gasteiger partial charge in [-0.05, 0) is 92.8 Å². The van der Waals surface area contributed by atoms with Crippen molar-refractivity contribution in [1.82, 2.24) is 10.6 Å². The van der Waals surface area contributed by atoms with Crippen molar-refractivity contribution in [3.8, 4) is 47.2 Å². The molecule has 3 amide bonds. The van der Waals surface area contributed by atoms with Crippen LogP contribution in [0.2, 0.25) is 0 Å². The summed E-state index contributed by atoms with van der Waals surface area (Å²) in [6.45, 7) is 1.47. The van der Waals surface area contributed by atoms with Gasteiger partial charge in [0.05, 0.1) is 12.2 Å². The summed E-state index contributed by atoms with van der Waals surface area (Å²) < 4.78 is 17.8. The second-order valence-corrected chi connectivity index (χ2v) is 14.6. The lowest BCUT2D eigenvalue weighted by molar-refractivity contribution is -0.121. The third-order valence-corrected chi connectivity index (χ3v) is 10.3. The monoisotopic (exact) mass is 826 g/mol. The number of allylic oxidation sites excluding steroid dienone is 1. The Bertz CT molecular complexity index is 2360. The first-order chi connectivity index (χ1) is 29.5. The average molecular weight is 827 g/mol. The fourth-order valence-corrected chi connectivity index (χ4v) is 7.21. The Morgan fingerprint density at radius 3 is 2.07 bits per heavy atom. The Hall–Kier alpha value is -7.45. The van der Waals surface area contributed by atoms with Crippen LogP contribution in [-0.2, 0) is 19.9 Å². The standard InChI is InChI=1S/C47H46N4O10/c1-2-3-11-40(54)36(29-48)45(57)51-31-14-18-34(19-15-31)59-25-10-6-7-12-43(55)49-23-8-4-5-9-24-50-44(56)30-13-20-37-35(26-30)46(58)61-47(37)38-21-16-32(52)27-41(38)60-42-28-33(53)17-22-39(42)47/h1,13-22,26-28,52-54H,3-12,23-25H2,(H,49,55)(H,50,56)(H,51,57)/b40-36-. The van der Waals surface area contributed by atoms with Gasteiger partial charge in [-0.1, -0.05) is 18.9 Å². The molecule has 2 aliphatic heterocycles. The van der Waals surface area contributed by atoms with Crippen LogP contribution in [0.15, 0.2) is 90.2 Å². The molecule has 314 valence electrons. The van der Waals surface area contributed by atoms with Gasteiger partial charge in [0.1, 0.15) is 40.6 Å². The molecule has 4 aromatic carbocycles. The molecule has 0 unspecified atom stereocenters. The van der Waals surface area contributed by atoms with Gasteiger partial charge in [-0.15, -0.1) is 12.3 Å². The number of carbonyl (C=O) groups is 4. The number of aliphatic hydroxyl groups excluding tert-OH is 1. The molecule has 0 aromatic heterocycles. The van der Waals surface area contributed by atoms with Crippen LogP contribution in [0.25, 0.3) is 0 Å². The van der Waals surface area contributed by atoms with E-state index in [0.717, 1.165) is 44.9 Å². The van der Waals surface area contributed by atoms with Crippen molar-refractivity contribution in [1.29, 1.82) is 5.26 Å². The van der Waals surface area contributed by atoms with Crippen LogP contribution in [0.4, 0.5) is 5.69 Å². The topological polar surface area (TPSA) is 217 Å². The lowest BCUT2D eigenvalue weighted by atomic mass is 9.77. The first-order valence-corrected chi connectivity index (χ1v) is 20.1. The van der Waals surface area contributed by atoms with Gasteiger partial charge in [-0.2, -0.15) is 5.26 Å². The number of aromatic hydroxyl groups is 2. The van der Waals surface area contributed by atoms with E-state index in [4.69, 9.17) is 20.6 Å². The lowest BCUT2D eigenvalue weighted by Gasteiger charge is -2.36. The summed E-state index contributed by atoms with van der Waals surface area (Å²) in [6, 6.07) is 22.3. The van der Waals surface area contributed by atoms with E-state index in [1.807, 2.05) is 0 Å². The van der Waals surface area contributed by atoms with E-state index in [9.17, 15) is 39.8 Å². The minimum absolute atomic E-state index is 0.00225. The number of esters is 1. The van der Waals surface area contributed by atoms with Crippen LogP contribution >= 0.6 is 0 Å². The second kappa shape index (κ2) is 20.0. The Balaban J connectivity index is 0.840. The molecule has 1 spiro atoms. The zero-order valence-electron chi connectivity index (χ0n) is 33.4. The molecule has 0 radical (unpaired) electrons. The molecule has 14 nitrogen and oxygen atoms in total. The van der Waals surface area contributed by atoms with Crippen LogP contribution in [0.1, 0.15) is 102 Å². The van der Waals surface area contributed by atoms with E-state index < -0.39 is 17.5 Å². The highest BCUT2D eigenvalue weighted by Gasteiger charge is 2.53. The molecule has 0 bridgehead atoms. The van der Waals surface area contributed by atoms with Crippen LogP contribution in [0.5, 0.6) is 28.7 Å². The van der Waals surface area contributed by atoms with Crippen molar-refractivity contribution in [2.45, 2.75) is 69.8 Å². The summed E-state index contributed by atoms with van der Waals surface area (Å²) >= 11 is 0. The van der Waals surface area contributed by atoms with Gasteiger partial charge < -0.3 is 45.5 Å². The van der Waals surface area contributed by atoms with E-state index in [-0.39, 0.29) is 64.5 Å². The number of carbonyl (C=O) groups excluding carboxylic acids is 4. The van der Waals surface area contributed by atoms with Crippen LogP contribution in [0, 0.1) is 23.7 Å². The van der Waals surface area contributed by atoms with E-state index in [2.05, 4.69) is 21.9 Å². The summed E-state index contributed by atoms with van der Waals surface area (Å²) in [4.78, 5) is 51.1. The number of aliphatic hydroxyl groups is 1. The van der Waals surface area contributed by atoms with E-state index in [1.165, 1.54) is 30.3 Å². The number of fused-ring (bicyclic) bond motifs is 6. The average Bonchev–Trinajstić information content (AvgIpc) is 3.53. The predicted molar refractivity (Wildman–Crippen MR) is 224 cm³/mol. The molecule has 61 heavy (non-hydrogen) atoms. The van der Waals surface area contributed by atoms with Crippen LogP contribution < -0.4 is 25.4 Å². The van der Waals surface area contributed by atoms with Gasteiger partial charge in [0.25, 0.3) is 11.8 Å². The third kappa shape index (κ3) is 10.2. The number of nitriles is 1. The molecule has 14 heteroatoms. The van der Waals surface area contributed by atoms with Gasteiger partial charge in [-0.3, -0.25) is 14.4 Å². The minimum atomic E-state index is -1.40. The lowest BCUT2D eigenvalue weighted by Crippen LogP contribution is -2.33. The second-order valence-electron chi connectivity index (χ2n) is 14.6. The summed E-state index contributed by atoms with van der Waals surface area (Å²) in [5.74, 6) is 1.41. The molecule has 0 atom stereocenters. The molecule has 4 aromatic rings. The summed E-state index contributed by atoms with van der Waals surface area (Å²) in [6.07, 6.45) is 11.4. The van der Waals surface area contributed by atoms with Crippen molar-refractivity contribution in [3.63, 3.8) is 0 Å². The smallest absolute Gasteiger partial charge is 0.340 e. The SMILES string of the molecule is C#CCC/C(O)=C(\C#N)C(=O)Nc1ccc(OCCCCCC(=O)NCCCCCCNC(=O)c2ccc3c(c2)C(=O)OC32c3ccc(O)cc3Oc3cc(O)ccc32)cc1. The van der Waals surface area contributed by atoms with Crippen molar-refractivity contribution >= 4 is 29.4 Å². The zero-order chi connectivity index (χ0) is 43.4. The van der Waals surface area contributed by atoms with Gasteiger partial charge in [0.15, 0.2) is 11.2 Å². The van der Waals surface area contributed by atoms with E-state index in [0.29, 0.717) is 59.8 Å². The first-order valence-electron chi connectivity index (χ1n) is 20.1. The maximum absolute atomic E-state index is 13.4. The maximum Gasteiger partial charge on any atom is 0.340 e. The normalized spacial score (nSPS) is 13.2. The maximum atomic E-state index is 13.4. The van der Waals surface area contributed by atoms with Crippen molar-refractivity contribution < 1.29 is 48.7 Å². The number of benzene rings is 4. The Kier molecular flexibility index (Phi) is 14.1. The Morgan fingerprint density at radius 2 is 1.41 bits per heavy atom. The number of nitrogens with zero attached hydrogens (tertiary/aromatic N) is 1. The number of anilines is 1. The Labute approximate surface area is 353 Å². The van der Waals surface area contributed by atoms with Gasteiger partial charge in [0, 0.05) is 72.4 Å². The van der Waals surface area contributed by atoms with Crippen LogP contribution in [0.3, 0.4) is 0 Å². The molecular weight excluding hydrogens is 781 g/mol. The number of phenolic OH excluding ortho intramolecular Hbond substituents is 2.